The summed E-state index contributed by atoms with van der Waals surface area (Å²) in [4.78, 5) is 2.41. The van der Waals surface area contributed by atoms with Crippen LogP contribution in [0, 0.1) is 5.82 Å². The molecule has 0 saturated carbocycles. The van der Waals surface area contributed by atoms with Gasteiger partial charge in [0, 0.05) is 19.1 Å². The fraction of sp³-hybridized carbons (Fsp3) is 0.571. The Labute approximate surface area is 117 Å². The highest BCUT2D eigenvalue weighted by Gasteiger charge is 2.17. The Morgan fingerprint density at radius 1 is 1.50 bits per heavy atom. The van der Waals surface area contributed by atoms with Crippen molar-refractivity contribution in [2.45, 2.75) is 32.4 Å². The highest BCUT2D eigenvalue weighted by atomic mass is 79.9. The van der Waals surface area contributed by atoms with E-state index in [-0.39, 0.29) is 5.82 Å². The van der Waals surface area contributed by atoms with Gasteiger partial charge in [0.1, 0.15) is 5.82 Å². The minimum atomic E-state index is -0.195. The monoisotopic (exact) mass is 314 g/mol. The molecule has 1 aliphatic rings. The van der Waals surface area contributed by atoms with Gasteiger partial charge in [-0.3, -0.25) is 4.90 Å². The van der Waals surface area contributed by atoms with Gasteiger partial charge in [0.05, 0.1) is 4.47 Å². The molecule has 100 valence electrons. The normalized spacial score (nSPS) is 19.7. The summed E-state index contributed by atoms with van der Waals surface area (Å²) < 4.78 is 13.7. The van der Waals surface area contributed by atoms with Crippen LogP contribution in [0.25, 0.3) is 0 Å². The Balaban J connectivity index is 1.94. The number of nitrogens with one attached hydrogen (secondary N) is 1. The minimum absolute atomic E-state index is 0.195. The number of benzene rings is 1. The Kier molecular flexibility index (Phi) is 5.15. The van der Waals surface area contributed by atoms with Gasteiger partial charge < -0.3 is 5.32 Å². The van der Waals surface area contributed by atoms with Crippen LogP contribution in [0.3, 0.4) is 0 Å². The molecule has 1 N–H and O–H groups in total. The molecule has 1 unspecified atom stereocenters. The number of hydrogen-bond donors (Lipinski definition) is 1. The molecule has 1 aromatic carbocycles. The van der Waals surface area contributed by atoms with E-state index in [2.05, 4.69) is 33.1 Å². The average molecular weight is 315 g/mol. The Morgan fingerprint density at radius 3 is 2.94 bits per heavy atom. The van der Waals surface area contributed by atoms with Crippen LogP contribution in [0.5, 0.6) is 0 Å². The molecule has 0 aromatic heterocycles. The van der Waals surface area contributed by atoms with Gasteiger partial charge in [-0.25, -0.2) is 4.39 Å². The maximum Gasteiger partial charge on any atom is 0.137 e. The molecule has 1 aliphatic heterocycles. The molecule has 0 aliphatic carbocycles. The zero-order valence-corrected chi connectivity index (χ0v) is 12.3. The topological polar surface area (TPSA) is 15.3 Å². The number of hydrogen-bond acceptors (Lipinski definition) is 2. The van der Waals surface area contributed by atoms with Crippen molar-refractivity contribution in [1.82, 2.24) is 10.2 Å². The van der Waals surface area contributed by atoms with Crippen molar-refractivity contribution >= 4 is 15.9 Å². The summed E-state index contributed by atoms with van der Waals surface area (Å²) in [6.45, 7) is 6.30. The van der Waals surface area contributed by atoms with Gasteiger partial charge in [-0.15, -0.1) is 0 Å². The smallest absolute Gasteiger partial charge is 0.137 e. The van der Waals surface area contributed by atoms with Crippen LogP contribution in [0.4, 0.5) is 4.39 Å². The molecule has 1 heterocycles. The van der Waals surface area contributed by atoms with E-state index < -0.39 is 0 Å². The van der Waals surface area contributed by atoms with Crippen LogP contribution in [0.1, 0.15) is 25.3 Å². The minimum Gasteiger partial charge on any atom is -0.313 e. The predicted molar refractivity (Wildman–Crippen MR) is 76.1 cm³/mol. The van der Waals surface area contributed by atoms with Crippen LogP contribution in [0.2, 0.25) is 0 Å². The van der Waals surface area contributed by atoms with Crippen molar-refractivity contribution in [2.24, 2.45) is 0 Å². The standard InChI is InChI=1S/C14H20BrFN2/c1-2-18(10-12-4-3-7-17-12)9-11-5-6-14(16)13(15)8-11/h5-6,8,12,17H,2-4,7,9-10H2,1H3. The van der Waals surface area contributed by atoms with Gasteiger partial charge in [0.25, 0.3) is 0 Å². The Bertz CT molecular complexity index is 391. The molecular formula is C14H20BrFN2. The first-order valence-electron chi connectivity index (χ1n) is 6.58. The van der Waals surface area contributed by atoms with Crippen molar-refractivity contribution < 1.29 is 4.39 Å². The van der Waals surface area contributed by atoms with Crippen LogP contribution >= 0.6 is 15.9 Å². The molecule has 2 rings (SSSR count). The number of nitrogens with zero attached hydrogens (tertiary/aromatic N) is 1. The van der Waals surface area contributed by atoms with Crippen LogP contribution in [-0.4, -0.2) is 30.6 Å². The summed E-state index contributed by atoms with van der Waals surface area (Å²) >= 11 is 3.24. The molecule has 1 atom stereocenters. The van der Waals surface area contributed by atoms with E-state index in [0.717, 1.165) is 31.7 Å². The molecule has 0 amide bonds. The molecule has 18 heavy (non-hydrogen) atoms. The second kappa shape index (κ2) is 6.64. The molecule has 1 fully saturated rings. The van der Waals surface area contributed by atoms with E-state index in [1.165, 1.54) is 18.9 Å². The fourth-order valence-corrected chi connectivity index (χ4v) is 2.85. The van der Waals surface area contributed by atoms with Crippen molar-refractivity contribution in [1.29, 1.82) is 0 Å². The van der Waals surface area contributed by atoms with Crippen molar-refractivity contribution in [3.8, 4) is 0 Å². The lowest BCUT2D eigenvalue weighted by Gasteiger charge is -2.24. The van der Waals surface area contributed by atoms with Gasteiger partial charge in [-0.2, -0.15) is 0 Å². The van der Waals surface area contributed by atoms with E-state index in [9.17, 15) is 4.39 Å². The molecule has 0 spiro atoms. The lowest BCUT2D eigenvalue weighted by Crippen LogP contribution is -2.37. The predicted octanol–water partition coefficient (Wildman–Crippen LogP) is 3.16. The van der Waals surface area contributed by atoms with Crippen LogP contribution in [0.15, 0.2) is 22.7 Å². The van der Waals surface area contributed by atoms with E-state index >= 15 is 0 Å². The number of rotatable bonds is 5. The van der Waals surface area contributed by atoms with Gasteiger partial charge in [0.15, 0.2) is 0 Å². The van der Waals surface area contributed by atoms with Crippen LogP contribution in [-0.2, 0) is 6.54 Å². The summed E-state index contributed by atoms with van der Waals surface area (Å²) in [5.41, 5.74) is 1.16. The average Bonchev–Trinajstić information content (AvgIpc) is 2.86. The second-order valence-corrected chi connectivity index (χ2v) is 5.72. The van der Waals surface area contributed by atoms with Gasteiger partial charge >= 0.3 is 0 Å². The Hall–Kier alpha value is -0.450. The van der Waals surface area contributed by atoms with E-state index in [0.29, 0.717) is 10.5 Å². The Morgan fingerprint density at radius 2 is 2.33 bits per heavy atom. The molecule has 1 aromatic rings. The fourth-order valence-electron chi connectivity index (χ4n) is 2.43. The van der Waals surface area contributed by atoms with Crippen molar-refractivity contribution in [2.75, 3.05) is 19.6 Å². The number of likely N-dealkylation sites (N-methyl/N-ethyl adjacent to an activating group) is 1. The first-order chi connectivity index (χ1) is 8.69. The van der Waals surface area contributed by atoms with Gasteiger partial charge in [0.2, 0.25) is 0 Å². The van der Waals surface area contributed by atoms with E-state index in [4.69, 9.17) is 0 Å². The highest BCUT2D eigenvalue weighted by molar-refractivity contribution is 9.10. The molecule has 1 saturated heterocycles. The van der Waals surface area contributed by atoms with Gasteiger partial charge in [-0.05, 0) is 59.6 Å². The van der Waals surface area contributed by atoms with Crippen molar-refractivity contribution in [3.63, 3.8) is 0 Å². The summed E-state index contributed by atoms with van der Waals surface area (Å²) in [6.07, 6.45) is 2.55. The molecule has 0 bridgehead atoms. The van der Waals surface area contributed by atoms with Crippen molar-refractivity contribution in [3.05, 3.63) is 34.1 Å². The number of halogens is 2. The third-order valence-electron chi connectivity index (χ3n) is 3.48. The maximum atomic E-state index is 13.2. The largest absolute Gasteiger partial charge is 0.313 e. The SMILES string of the molecule is CCN(Cc1ccc(F)c(Br)c1)CC1CCCN1. The van der Waals surface area contributed by atoms with E-state index in [1.807, 2.05) is 12.1 Å². The lowest BCUT2D eigenvalue weighted by molar-refractivity contribution is 0.253. The summed E-state index contributed by atoms with van der Waals surface area (Å²) in [6, 6.07) is 5.89. The van der Waals surface area contributed by atoms with Crippen LogP contribution < -0.4 is 5.32 Å². The zero-order valence-electron chi connectivity index (χ0n) is 10.8. The molecule has 4 heteroatoms. The first kappa shape index (κ1) is 14.0. The second-order valence-electron chi connectivity index (χ2n) is 4.87. The quantitative estimate of drug-likeness (QED) is 0.898. The third kappa shape index (κ3) is 3.77. The first-order valence-corrected chi connectivity index (χ1v) is 7.38. The van der Waals surface area contributed by atoms with Gasteiger partial charge in [-0.1, -0.05) is 13.0 Å². The molecule has 2 nitrogen and oxygen atoms in total. The molecule has 0 radical (unpaired) electrons. The summed E-state index contributed by atoms with van der Waals surface area (Å²) in [7, 11) is 0. The van der Waals surface area contributed by atoms with E-state index in [1.54, 1.807) is 0 Å². The molecular weight excluding hydrogens is 295 g/mol. The maximum absolute atomic E-state index is 13.2. The zero-order chi connectivity index (χ0) is 13.0. The third-order valence-corrected chi connectivity index (χ3v) is 4.09. The lowest BCUT2D eigenvalue weighted by atomic mass is 10.1. The summed E-state index contributed by atoms with van der Waals surface area (Å²) in [5.74, 6) is -0.195. The highest BCUT2D eigenvalue weighted by Crippen LogP contribution is 2.18. The summed E-state index contributed by atoms with van der Waals surface area (Å²) in [5, 5.41) is 3.52.